The lowest BCUT2D eigenvalue weighted by Gasteiger charge is -2.28. The van der Waals surface area contributed by atoms with Gasteiger partial charge in [0.1, 0.15) is 22.5 Å². The van der Waals surface area contributed by atoms with E-state index in [9.17, 15) is 0 Å². The van der Waals surface area contributed by atoms with Crippen LogP contribution in [0.5, 0.6) is 5.75 Å². The minimum absolute atomic E-state index is 0.291. The molecule has 4 aromatic carbocycles. The first-order chi connectivity index (χ1) is 17.0. The summed E-state index contributed by atoms with van der Waals surface area (Å²) in [5, 5.41) is 2.34. The van der Waals surface area contributed by atoms with E-state index in [1.807, 2.05) is 0 Å². The van der Waals surface area contributed by atoms with E-state index in [0.717, 1.165) is 28.7 Å². The highest BCUT2D eigenvalue weighted by atomic mass is 16.5. The van der Waals surface area contributed by atoms with Crippen LogP contribution in [0.2, 0.25) is 0 Å². The van der Waals surface area contributed by atoms with Gasteiger partial charge >= 0.3 is 0 Å². The number of aryl methyl sites for hydroxylation is 2. The first-order valence-corrected chi connectivity index (χ1v) is 12.2. The largest absolute Gasteiger partial charge is 0.482 e. The van der Waals surface area contributed by atoms with Crippen LogP contribution >= 0.6 is 0 Å². The Kier molecular flexibility index (Phi) is 4.20. The highest BCUT2D eigenvalue weighted by molar-refractivity contribution is 6.06. The van der Waals surface area contributed by atoms with Crippen LogP contribution in [0.15, 0.2) is 95.4 Å². The van der Waals surface area contributed by atoms with E-state index in [2.05, 4.69) is 112 Å². The maximum atomic E-state index is 6.46. The Hall–Kier alpha value is -4.04. The number of furan rings is 1. The molecule has 170 valence electrons. The van der Waals surface area contributed by atoms with Gasteiger partial charge in [0, 0.05) is 28.3 Å². The van der Waals surface area contributed by atoms with E-state index in [0.29, 0.717) is 0 Å². The maximum absolute atomic E-state index is 6.46. The molecule has 35 heavy (non-hydrogen) atoms. The fourth-order valence-corrected chi connectivity index (χ4v) is 5.62. The van der Waals surface area contributed by atoms with Gasteiger partial charge in [0.05, 0.1) is 0 Å². The van der Waals surface area contributed by atoms with E-state index in [4.69, 9.17) is 9.15 Å². The normalized spacial score (nSPS) is 18.7. The molecule has 0 bridgehead atoms. The van der Waals surface area contributed by atoms with E-state index in [1.165, 1.54) is 49.9 Å². The number of ether oxygens (including phenoxy) is 1. The molecule has 0 fully saturated rings. The van der Waals surface area contributed by atoms with Gasteiger partial charge in [0.25, 0.3) is 0 Å². The SMILES string of the molecule is Cc1ccc2oc3ccc(-c4cccc(C5=CCC6(C)Oc7c(C)cccc7C6=C5)c4)cc3c2c1. The molecule has 0 N–H and O–H groups in total. The van der Waals surface area contributed by atoms with E-state index < -0.39 is 0 Å². The van der Waals surface area contributed by atoms with Crippen LogP contribution in [-0.2, 0) is 0 Å². The van der Waals surface area contributed by atoms with Crippen LogP contribution in [0.1, 0.15) is 35.6 Å². The lowest BCUT2D eigenvalue weighted by atomic mass is 9.81. The second-order valence-electron chi connectivity index (χ2n) is 10.1. The second kappa shape index (κ2) is 7.23. The molecular formula is C33H26O2. The van der Waals surface area contributed by atoms with E-state index in [1.54, 1.807) is 0 Å². The topological polar surface area (TPSA) is 22.4 Å². The molecule has 0 saturated carbocycles. The first-order valence-electron chi connectivity index (χ1n) is 12.2. The quantitative estimate of drug-likeness (QED) is 0.266. The minimum Gasteiger partial charge on any atom is -0.482 e. The summed E-state index contributed by atoms with van der Waals surface area (Å²) < 4.78 is 12.5. The van der Waals surface area contributed by atoms with Gasteiger partial charge in [-0.3, -0.25) is 0 Å². The average molecular weight is 455 g/mol. The molecule has 1 atom stereocenters. The minimum atomic E-state index is -0.291. The third-order valence-corrected chi connectivity index (χ3v) is 7.56. The molecule has 0 amide bonds. The van der Waals surface area contributed by atoms with Gasteiger partial charge in [-0.2, -0.15) is 0 Å². The van der Waals surface area contributed by atoms with Gasteiger partial charge in [0.2, 0.25) is 0 Å². The summed E-state index contributed by atoms with van der Waals surface area (Å²) in [6, 6.07) is 28.2. The Balaban J connectivity index is 1.31. The zero-order chi connectivity index (χ0) is 23.7. The van der Waals surface area contributed by atoms with Gasteiger partial charge < -0.3 is 9.15 Å². The number of hydrogen-bond donors (Lipinski definition) is 0. The fourth-order valence-electron chi connectivity index (χ4n) is 5.62. The Labute approximate surface area is 205 Å². The van der Waals surface area contributed by atoms with Crippen molar-refractivity contribution in [1.82, 2.24) is 0 Å². The zero-order valence-corrected chi connectivity index (χ0v) is 20.2. The molecule has 1 aliphatic carbocycles. The lowest BCUT2D eigenvalue weighted by molar-refractivity contribution is 0.169. The van der Waals surface area contributed by atoms with Crippen molar-refractivity contribution in [2.45, 2.75) is 32.8 Å². The Morgan fingerprint density at radius 3 is 2.37 bits per heavy atom. The predicted octanol–water partition coefficient (Wildman–Crippen LogP) is 8.89. The van der Waals surface area contributed by atoms with Crippen molar-refractivity contribution in [2.24, 2.45) is 0 Å². The van der Waals surface area contributed by atoms with Crippen molar-refractivity contribution in [3.05, 3.63) is 113 Å². The molecular weight excluding hydrogens is 428 g/mol. The monoisotopic (exact) mass is 454 g/mol. The van der Waals surface area contributed by atoms with Crippen LogP contribution in [0.25, 0.3) is 44.2 Å². The Morgan fingerprint density at radius 2 is 1.49 bits per heavy atom. The number of hydrogen-bond acceptors (Lipinski definition) is 2. The summed E-state index contributed by atoms with van der Waals surface area (Å²) in [6.45, 7) is 6.45. The van der Waals surface area contributed by atoms with Crippen molar-refractivity contribution in [3.8, 4) is 16.9 Å². The van der Waals surface area contributed by atoms with Gasteiger partial charge in [-0.25, -0.2) is 0 Å². The number of allylic oxidation sites excluding steroid dienone is 2. The predicted molar refractivity (Wildman–Crippen MR) is 145 cm³/mol. The van der Waals surface area contributed by atoms with Crippen LogP contribution in [0, 0.1) is 13.8 Å². The van der Waals surface area contributed by atoms with Crippen molar-refractivity contribution < 1.29 is 9.15 Å². The molecule has 0 spiro atoms. The molecule has 5 aromatic rings. The first kappa shape index (κ1) is 20.3. The molecule has 7 rings (SSSR count). The van der Waals surface area contributed by atoms with E-state index >= 15 is 0 Å². The summed E-state index contributed by atoms with van der Waals surface area (Å²) in [5.41, 5.74) is 11.4. The van der Waals surface area contributed by atoms with Crippen molar-refractivity contribution in [1.29, 1.82) is 0 Å². The van der Waals surface area contributed by atoms with Gasteiger partial charge in [-0.05, 0) is 85.0 Å². The molecule has 2 aliphatic rings. The summed E-state index contributed by atoms with van der Waals surface area (Å²) in [4.78, 5) is 0. The number of rotatable bonds is 2. The third-order valence-electron chi connectivity index (χ3n) is 7.56. The standard InChI is InChI=1S/C33H26O2/c1-20-10-12-30-27(16-20)28-18-24(11-13-31(28)34-30)22-7-5-8-23(17-22)25-14-15-33(3)29(19-25)26-9-4-6-21(2)32(26)35-33/h4-14,16-19H,15H2,1-3H3. The van der Waals surface area contributed by atoms with Crippen LogP contribution in [0.3, 0.4) is 0 Å². The maximum Gasteiger partial charge on any atom is 0.135 e. The molecule has 2 heterocycles. The summed E-state index contributed by atoms with van der Waals surface area (Å²) in [5.74, 6) is 1.03. The summed E-state index contributed by atoms with van der Waals surface area (Å²) >= 11 is 0. The Bertz CT molecular complexity index is 1730. The fraction of sp³-hybridized carbons (Fsp3) is 0.152. The van der Waals surface area contributed by atoms with Crippen molar-refractivity contribution in [3.63, 3.8) is 0 Å². The molecule has 2 nitrogen and oxygen atoms in total. The summed E-state index contributed by atoms with van der Waals surface area (Å²) in [6.07, 6.45) is 5.50. The van der Waals surface area contributed by atoms with Crippen LogP contribution in [-0.4, -0.2) is 5.60 Å². The van der Waals surface area contributed by atoms with E-state index in [-0.39, 0.29) is 5.60 Å². The molecule has 0 radical (unpaired) electrons. The number of benzene rings is 4. The average Bonchev–Trinajstić information content (AvgIpc) is 3.38. The van der Waals surface area contributed by atoms with Gasteiger partial charge in [-0.1, -0.05) is 60.2 Å². The molecule has 0 saturated heterocycles. The Morgan fingerprint density at radius 1 is 0.743 bits per heavy atom. The number of fused-ring (bicyclic) bond motifs is 6. The molecule has 1 aromatic heterocycles. The van der Waals surface area contributed by atoms with Gasteiger partial charge in [0.15, 0.2) is 0 Å². The molecule has 1 unspecified atom stereocenters. The zero-order valence-electron chi connectivity index (χ0n) is 20.2. The molecule has 2 heteroatoms. The summed E-state index contributed by atoms with van der Waals surface area (Å²) in [7, 11) is 0. The number of para-hydroxylation sites is 1. The lowest BCUT2D eigenvalue weighted by Crippen LogP contribution is -2.30. The highest BCUT2D eigenvalue weighted by Crippen LogP contribution is 2.50. The van der Waals surface area contributed by atoms with Crippen LogP contribution in [0.4, 0.5) is 0 Å². The highest BCUT2D eigenvalue weighted by Gasteiger charge is 2.41. The third kappa shape index (κ3) is 3.10. The van der Waals surface area contributed by atoms with Crippen LogP contribution < -0.4 is 4.74 Å². The van der Waals surface area contributed by atoms with Gasteiger partial charge in [-0.15, -0.1) is 0 Å². The smallest absolute Gasteiger partial charge is 0.135 e. The van der Waals surface area contributed by atoms with Crippen molar-refractivity contribution >= 4 is 33.1 Å². The second-order valence-corrected chi connectivity index (χ2v) is 10.1. The van der Waals surface area contributed by atoms with Crippen molar-refractivity contribution in [2.75, 3.05) is 0 Å². The molecule has 1 aliphatic heterocycles.